The Labute approximate surface area is 77.0 Å². The molecule has 1 rings (SSSR count). The molecular formula is C9H12N2S. The smallest absolute Gasteiger partial charge is 0.184 e. The maximum Gasteiger partial charge on any atom is 0.184 e. The quantitative estimate of drug-likeness (QED) is 0.706. The van der Waals surface area contributed by atoms with Crippen LogP contribution in [0, 0.1) is 19.3 Å². The second-order valence-corrected chi connectivity index (χ2v) is 4.07. The minimum atomic E-state index is 0.404. The number of hydrogen-bond donors (Lipinski definition) is 1. The van der Waals surface area contributed by atoms with E-state index in [2.05, 4.69) is 30.1 Å². The van der Waals surface area contributed by atoms with E-state index in [-0.39, 0.29) is 0 Å². The van der Waals surface area contributed by atoms with E-state index in [0.29, 0.717) is 6.04 Å². The first kappa shape index (κ1) is 9.08. The standard InChI is InChI=1S/C9H12N2S/c1-5-8-7(4)12-9(11-8)10-6(2)3/h1,6H,2-4H3,(H,10,11). The van der Waals surface area contributed by atoms with Gasteiger partial charge in [-0.2, -0.15) is 0 Å². The normalized spacial score (nSPS) is 9.92. The highest BCUT2D eigenvalue weighted by Gasteiger charge is 2.05. The van der Waals surface area contributed by atoms with Crippen LogP contribution in [0.4, 0.5) is 5.13 Å². The highest BCUT2D eigenvalue weighted by molar-refractivity contribution is 7.15. The Morgan fingerprint density at radius 3 is 2.67 bits per heavy atom. The average molecular weight is 180 g/mol. The van der Waals surface area contributed by atoms with Gasteiger partial charge in [0.1, 0.15) is 5.69 Å². The van der Waals surface area contributed by atoms with Crippen molar-refractivity contribution in [2.75, 3.05) is 5.32 Å². The zero-order chi connectivity index (χ0) is 9.14. The molecule has 12 heavy (non-hydrogen) atoms. The van der Waals surface area contributed by atoms with E-state index in [1.807, 2.05) is 6.92 Å². The molecule has 0 amide bonds. The Morgan fingerprint density at radius 1 is 1.58 bits per heavy atom. The number of terminal acetylenes is 1. The van der Waals surface area contributed by atoms with E-state index in [4.69, 9.17) is 6.42 Å². The molecule has 0 atom stereocenters. The lowest BCUT2D eigenvalue weighted by Gasteiger charge is -2.03. The highest BCUT2D eigenvalue weighted by Crippen LogP contribution is 2.21. The van der Waals surface area contributed by atoms with Crippen LogP contribution < -0.4 is 5.32 Å². The van der Waals surface area contributed by atoms with Crippen molar-refractivity contribution in [1.82, 2.24) is 4.98 Å². The Hall–Kier alpha value is -1.01. The Kier molecular flexibility index (Phi) is 2.72. The van der Waals surface area contributed by atoms with Gasteiger partial charge in [0.05, 0.1) is 0 Å². The summed E-state index contributed by atoms with van der Waals surface area (Å²) in [7, 11) is 0. The van der Waals surface area contributed by atoms with Gasteiger partial charge in [0, 0.05) is 10.9 Å². The van der Waals surface area contributed by atoms with Crippen LogP contribution >= 0.6 is 11.3 Å². The van der Waals surface area contributed by atoms with Crippen LogP contribution in [0.1, 0.15) is 24.4 Å². The lowest BCUT2D eigenvalue weighted by molar-refractivity contribution is 0.896. The van der Waals surface area contributed by atoms with Crippen LogP contribution in [0.5, 0.6) is 0 Å². The van der Waals surface area contributed by atoms with Crippen molar-refractivity contribution < 1.29 is 0 Å². The van der Waals surface area contributed by atoms with Crippen molar-refractivity contribution in [3.63, 3.8) is 0 Å². The fourth-order valence-electron chi connectivity index (χ4n) is 0.839. The number of aryl methyl sites for hydroxylation is 1. The van der Waals surface area contributed by atoms with Crippen LogP contribution in [0.3, 0.4) is 0 Å². The molecule has 0 unspecified atom stereocenters. The van der Waals surface area contributed by atoms with Gasteiger partial charge in [-0.25, -0.2) is 4.98 Å². The molecular weight excluding hydrogens is 168 g/mol. The summed E-state index contributed by atoms with van der Waals surface area (Å²) >= 11 is 1.60. The second kappa shape index (κ2) is 3.59. The van der Waals surface area contributed by atoms with Crippen LogP contribution in [0.15, 0.2) is 0 Å². The molecule has 0 radical (unpaired) electrons. The topological polar surface area (TPSA) is 24.9 Å². The van der Waals surface area contributed by atoms with Crippen LogP contribution in [-0.4, -0.2) is 11.0 Å². The number of aromatic nitrogens is 1. The molecule has 0 bridgehead atoms. The van der Waals surface area contributed by atoms with Crippen LogP contribution in [0.2, 0.25) is 0 Å². The molecule has 1 N–H and O–H groups in total. The third-order valence-electron chi connectivity index (χ3n) is 1.35. The fraction of sp³-hybridized carbons (Fsp3) is 0.444. The lowest BCUT2D eigenvalue weighted by Crippen LogP contribution is -2.08. The maximum atomic E-state index is 5.26. The summed E-state index contributed by atoms with van der Waals surface area (Å²) in [5, 5.41) is 4.12. The van der Waals surface area contributed by atoms with Gasteiger partial charge in [-0.15, -0.1) is 17.8 Å². The largest absolute Gasteiger partial charge is 0.359 e. The van der Waals surface area contributed by atoms with Crippen molar-refractivity contribution in [1.29, 1.82) is 0 Å². The summed E-state index contributed by atoms with van der Waals surface area (Å²) in [5.41, 5.74) is 0.753. The molecule has 64 valence electrons. The van der Waals surface area contributed by atoms with Gasteiger partial charge in [0.2, 0.25) is 0 Å². The minimum absolute atomic E-state index is 0.404. The van der Waals surface area contributed by atoms with Gasteiger partial charge >= 0.3 is 0 Å². The zero-order valence-corrected chi connectivity index (χ0v) is 8.33. The van der Waals surface area contributed by atoms with Crippen LogP contribution in [-0.2, 0) is 0 Å². The predicted molar refractivity (Wildman–Crippen MR) is 53.5 cm³/mol. The van der Waals surface area contributed by atoms with Crippen molar-refractivity contribution in [3.8, 4) is 12.3 Å². The minimum Gasteiger partial charge on any atom is -0.359 e. The van der Waals surface area contributed by atoms with Crippen molar-refractivity contribution >= 4 is 16.5 Å². The summed E-state index contributed by atoms with van der Waals surface area (Å²) in [4.78, 5) is 5.34. The summed E-state index contributed by atoms with van der Waals surface area (Å²) in [6.45, 7) is 6.14. The van der Waals surface area contributed by atoms with E-state index in [1.54, 1.807) is 11.3 Å². The van der Waals surface area contributed by atoms with E-state index in [9.17, 15) is 0 Å². The number of nitrogens with one attached hydrogen (secondary N) is 1. The number of thiazole rings is 1. The van der Waals surface area contributed by atoms with Gasteiger partial charge in [-0.05, 0) is 26.7 Å². The van der Waals surface area contributed by atoms with E-state index >= 15 is 0 Å². The van der Waals surface area contributed by atoms with Gasteiger partial charge in [-0.1, -0.05) is 0 Å². The van der Waals surface area contributed by atoms with Crippen molar-refractivity contribution in [2.24, 2.45) is 0 Å². The number of hydrogen-bond acceptors (Lipinski definition) is 3. The molecule has 0 spiro atoms. The number of rotatable bonds is 2. The summed E-state index contributed by atoms with van der Waals surface area (Å²) in [5.74, 6) is 2.55. The molecule has 1 heterocycles. The first-order valence-electron chi connectivity index (χ1n) is 3.84. The molecule has 0 saturated carbocycles. The van der Waals surface area contributed by atoms with Crippen LogP contribution in [0.25, 0.3) is 0 Å². The Balaban J connectivity index is 2.84. The predicted octanol–water partition coefficient (Wildman–Crippen LogP) is 2.25. The third kappa shape index (κ3) is 1.99. The number of anilines is 1. The van der Waals surface area contributed by atoms with E-state index < -0.39 is 0 Å². The van der Waals surface area contributed by atoms with Gasteiger partial charge in [-0.3, -0.25) is 0 Å². The zero-order valence-electron chi connectivity index (χ0n) is 7.51. The monoisotopic (exact) mass is 180 g/mol. The first-order valence-corrected chi connectivity index (χ1v) is 4.65. The Bertz CT molecular complexity index is 307. The molecule has 3 heteroatoms. The molecule has 0 fully saturated rings. The molecule has 2 nitrogen and oxygen atoms in total. The van der Waals surface area contributed by atoms with E-state index in [0.717, 1.165) is 15.7 Å². The molecule has 0 aliphatic heterocycles. The average Bonchev–Trinajstić information content (AvgIpc) is 2.29. The third-order valence-corrected chi connectivity index (χ3v) is 2.25. The molecule has 0 aliphatic rings. The Morgan fingerprint density at radius 2 is 2.25 bits per heavy atom. The highest BCUT2D eigenvalue weighted by atomic mass is 32.1. The van der Waals surface area contributed by atoms with Crippen molar-refractivity contribution in [3.05, 3.63) is 10.6 Å². The second-order valence-electron chi connectivity index (χ2n) is 2.87. The van der Waals surface area contributed by atoms with Gasteiger partial charge in [0.25, 0.3) is 0 Å². The fourth-order valence-corrected chi connectivity index (χ4v) is 1.76. The first-order chi connectivity index (χ1) is 5.63. The molecule has 0 aliphatic carbocycles. The van der Waals surface area contributed by atoms with Gasteiger partial charge in [0.15, 0.2) is 5.13 Å². The molecule has 1 aromatic rings. The summed E-state index contributed by atoms with van der Waals surface area (Å²) in [6, 6.07) is 0.404. The maximum absolute atomic E-state index is 5.26. The lowest BCUT2D eigenvalue weighted by atomic mass is 10.4. The van der Waals surface area contributed by atoms with E-state index in [1.165, 1.54) is 0 Å². The molecule has 1 aromatic heterocycles. The SMILES string of the molecule is C#Cc1nc(NC(C)C)sc1C. The molecule has 0 aromatic carbocycles. The number of nitrogens with zero attached hydrogens (tertiary/aromatic N) is 1. The van der Waals surface area contributed by atoms with Crippen molar-refractivity contribution in [2.45, 2.75) is 26.8 Å². The summed E-state index contributed by atoms with van der Waals surface area (Å²) < 4.78 is 0. The summed E-state index contributed by atoms with van der Waals surface area (Å²) in [6.07, 6.45) is 5.26. The van der Waals surface area contributed by atoms with Gasteiger partial charge < -0.3 is 5.32 Å². The molecule has 0 saturated heterocycles.